The van der Waals surface area contributed by atoms with Gasteiger partial charge in [0.15, 0.2) is 0 Å². The minimum absolute atomic E-state index is 0.135. The molecule has 0 spiro atoms. The second-order valence-electron chi connectivity index (χ2n) is 3.74. The van der Waals surface area contributed by atoms with E-state index in [0.717, 1.165) is 25.2 Å². The summed E-state index contributed by atoms with van der Waals surface area (Å²) in [6.45, 7) is 2.74. The summed E-state index contributed by atoms with van der Waals surface area (Å²) in [6, 6.07) is 5.62. The fourth-order valence-electron chi connectivity index (χ4n) is 1.65. The van der Waals surface area contributed by atoms with Crippen molar-refractivity contribution in [3.8, 4) is 5.75 Å². The summed E-state index contributed by atoms with van der Waals surface area (Å²) >= 11 is 5.79. The maximum absolute atomic E-state index is 9.23. The zero-order valence-corrected chi connectivity index (χ0v) is 8.54. The number of halogens is 1. The van der Waals surface area contributed by atoms with Gasteiger partial charge in [0.2, 0.25) is 0 Å². The highest BCUT2D eigenvalue weighted by Crippen LogP contribution is 2.24. The summed E-state index contributed by atoms with van der Waals surface area (Å²) in [4.78, 5) is 2.24. The first-order chi connectivity index (χ1) is 6.65. The van der Waals surface area contributed by atoms with Gasteiger partial charge in [-0.1, -0.05) is 17.7 Å². The third-order valence-electron chi connectivity index (χ3n) is 2.40. The van der Waals surface area contributed by atoms with Crippen LogP contribution in [0.1, 0.15) is 5.56 Å². The van der Waals surface area contributed by atoms with E-state index in [-0.39, 0.29) is 5.75 Å². The monoisotopic (exact) mass is 212 g/mol. The quantitative estimate of drug-likeness (QED) is 0.775. The number of hydrogen-bond acceptors (Lipinski definition) is 3. The molecule has 1 aromatic rings. The van der Waals surface area contributed by atoms with Crippen LogP contribution in [0.15, 0.2) is 18.2 Å². The van der Waals surface area contributed by atoms with E-state index in [4.69, 9.17) is 17.3 Å². The van der Waals surface area contributed by atoms with Crippen molar-refractivity contribution < 1.29 is 5.11 Å². The minimum Gasteiger partial charge on any atom is -0.506 e. The van der Waals surface area contributed by atoms with Crippen molar-refractivity contribution in [3.63, 3.8) is 0 Å². The molecule has 0 amide bonds. The number of nitrogens with two attached hydrogens (primary N) is 1. The maximum atomic E-state index is 9.23. The Morgan fingerprint density at radius 2 is 2.21 bits per heavy atom. The van der Waals surface area contributed by atoms with E-state index >= 15 is 0 Å². The number of nitrogens with zero attached hydrogens (tertiary/aromatic N) is 1. The van der Waals surface area contributed by atoms with Crippen LogP contribution in [0.25, 0.3) is 0 Å². The second-order valence-corrected chi connectivity index (χ2v) is 4.15. The van der Waals surface area contributed by atoms with E-state index in [2.05, 4.69) is 4.90 Å². The zero-order chi connectivity index (χ0) is 10.1. The molecule has 4 heteroatoms. The maximum Gasteiger partial charge on any atom is 0.134 e. The van der Waals surface area contributed by atoms with E-state index in [1.807, 2.05) is 6.07 Å². The Labute approximate surface area is 88.1 Å². The van der Waals surface area contributed by atoms with Gasteiger partial charge in [-0.2, -0.15) is 0 Å². The first-order valence-corrected chi connectivity index (χ1v) is 4.98. The average molecular weight is 213 g/mol. The molecule has 76 valence electrons. The lowest BCUT2D eigenvalue weighted by atomic mass is 10.1. The Hall–Kier alpha value is -0.770. The van der Waals surface area contributed by atoms with Gasteiger partial charge in [0.1, 0.15) is 5.75 Å². The number of phenols is 1. The highest BCUT2D eigenvalue weighted by Gasteiger charge is 2.22. The molecule has 0 bridgehead atoms. The molecule has 3 nitrogen and oxygen atoms in total. The van der Waals surface area contributed by atoms with Gasteiger partial charge in [0, 0.05) is 25.7 Å². The Morgan fingerprint density at radius 3 is 2.79 bits per heavy atom. The van der Waals surface area contributed by atoms with Crippen LogP contribution in [-0.4, -0.2) is 29.1 Å². The van der Waals surface area contributed by atoms with Crippen molar-refractivity contribution in [2.24, 2.45) is 5.73 Å². The van der Waals surface area contributed by atoms with Crippen molar-refractivity contribution in [1.29, 1.82) is 0 Å². The summed E-state index contributed by atoms with van der Waals surface area (Å²) in [6.07, 6.45) is 0. The summed E-state index contributed by atoms with van der Waals surface area (Å²) < 4.78 is 0. The smallest absolute Gasteiger partial charge is 0.134 e. The molecule has 1 aromatic carbocycles. The van der Waals surface area contributed by atoms with E-state index in [9.17, 15) is 5.11 Å². The Kier molecular flexibility index (Phi) is 2.63. The summed E-state index contributed by atoms with van der Waals surface area (Å²) in [5.41, 5.74) is 6.78. The molecule has 0 radical (unpaired) electrons. The van der Waals surface area contributed by atoms with E-state index < -0.39 is 0 Å². The van der Waals surface area contributed by atoms with Crippen molar-refractivity contribution in [1.82, 2.24) is 4.90 Å². The SMILES string of the molecule is NC1CN(Cc2ccc(O)c(Cl)c2)C1. The summed E-state index contributed by atoms with van der Waals surface area (Å²) in [5.74, 6) is 0.135. The zero-order valence-electron chi connectivity index (χ0n) is 7.78. The van der Waals surface area contributed by atoms with Crippen LogP contribution < -0.4 is 5.73 Å². The third kappa shape index (κ3) is 2.00. The van der Waals surface area contributed by atoms with Crippen molar-refractivity contribution in [3.05, 3.63) is 28.8 Å². The van der Waals surface area contributed by atoms with Gasteiger partial charge in [-0.05, 0) is 17.7 Å². The predicted molar refractivity (Wildman–Crippen MR) is 56.4 cm³/mol. The normalized spacial score (nSPS) is 18.1. The summed E-state index contributed by atoms with van der Waals surface area (Å²) in [7, 11) is 0. The molecule has 0 aromatic heterocycles. The number of likely N-dealkylation sites (tertiary alicyclic amines) is 1. The first-order valence-electron chi connectivity index (χ1n) is 4.60. The molecule has 1 fully saturated rings. The topological polar surface area (TPSA) is 49.5 Å². The number of phenolic OH excluding ortho intramolecular Hbond substituents is 1. The number of aromatic hydroxyl groups is 1. The largest absolute Gasteiger partial charge is 0.506 e. The Balaban J connectivity index is 2.00. The third-order valence-corrected chi connectivity index (χ3v) is 2.71. The number of hydrogen-bond donors (Lipinski definition) is 2. The van der Waals surface area contributed by atoms with Crippen LogP contribution in [0, 0.1) is 0 Å². The molecular weight excluding hydrogens is 200 g/mol. The molecule has 0 atom stereocenters. The standard InChI is InChI=1S/C10H13ClN2O/c11-9-3-7(1-2-10(9)14)4-13-5-8(12)6-13/h1-3,8,14H,4-6,12H2. The van der Waals surface area contributed by atoms with E-state index in [1.165, 1.54) is 0 Å². The summed E-state index contributed by atoms with van der Waals surface area (Å²) in [5, 5.41) is 9.64. The fourth-order valence-corrected chi connectivity index (χ4v) is 1.85. The van der Waals surface area contributed by atoms with Gasteiger partial charge in [-0.15, -0.1) is 0 Å². The van der Waals surface area contributed by atoms with Crippen LogP contribution in [0.3, 0.4) is 0 Å². The van der Waals surface area contributed by atoms with Crippen molar-refractivity contribution >= 4 is 11.6 Å². The van der Waals surface area contributed by atoms with Crippen LogP contribution in [0.2, 0.25) is 5.02 Å². The van der Waals surface area contributed by atoms with Gasteiger partial charge in [-0.25, -0.2) is 0 Å². The van der Waals surface area contributed by atoms with Gasteiger partial charge >= 0.3 is 0 Å². The Morgan fingerprint density at radius 1 is 1.50 bits per heavy atom. The van der Waals surface area contributed by atoms with Gasteiger partial charge < -0.3 is 10.8 Å². The molecule has 1 aliphatic heterocycles. The highest BCUT2D eigenvalue weighted by molar-refractivity contribution is 6.32. The molecule has 1 heterocycles. The molecule has 2 rings (SSSR count). The van der Waals surface area contributed by atoms with Gasteiger partial charge in [0.05, 0.1) is 5.02 Å². The van der Waals surface area contributed by atoms with Crippen LogP contribution >= 0.6 is 11.6 Å². The first kappa shape index (κ1) is 9.77. The van der Waals surface area contributed by atoms with Crippen LogP contribution in [0.4, 0.5) is 0 Å². The molecule has 0 unspecified atom stereocenters. The van der Waals surface area contributed by atoms with Crippen molar-refractivity contribution in [2.45, 2.75) is 12.6 Å². The average Bonchev–Trinajstić information content (AvgIpc) is 2.09. The molecule has 0 aliphatic carbocycles. The molecule has 1 aliphatic rings. The number of rotatable bonds is 2. The van der Waals surface area contributed by atoms with Crippen LogP contribution in [0.5, 0.6) is 5.75 Å². The lowest BCUT2D eigenvalue weighted by molar-refractivity contribution is 0.142. The number of benzene rings is 1. The lowest BCUT2D eigenvalue weighted by Crippen LogP contribution is -2.54. The molecule has 3 N–H and O–H groups in total. The molecular formula is C10H13ClN2O. The van der Waals surface area contributed by atoms with Gasteiger partial charge in [-0.3, -0.25) is 4.90 Å². The second kappa shape index (κ2) is 3.77. The fraction of sp³-hybridized carbons (Fsp3) is 0.400. The van der Waals surface area contributed by atoms with Crippen molar-refractivity contribution in [2.75, 3.05) is 13.1 Å². The Bertz CT molecular complexity index is 337. The van der Waals surface area contributed by atoms with E-state index in [0.29, 0.717) is 11.1 Å². The van der Waals surface area contributed by atoms with Crippen LogP contribution in [-0.2, 0) is 6.54 Å². The van der Waals surface area contributed by atoms with E-state index in [1.54, 1.807) is 12.1 Å². The molecule has 1 saturated heterocycles. The minimum atomic E-state index is 0.135. The predicted octanol–water partition coefficient (Wildman–Crippen LogP) is 1.19. The van der Waals surface area contributed by atoms with Gasteiger partial charge in [0.25, 0.3) is 0 Å². The molecule has 14 heavy (non-hydrogen) atoms. The lowest BCUT2D eigenvalue weighted by Gasteiger charge is -2.36. The molecule has 0 saturated carbocycles. The highest BCUT2D eigenvalue weighted by atomic mass is 35.5.